The SMILES string of the molecule is COc1ccc(C(=O)NN2C(=O)N[C@](C)(c3ccc(OC)cc3)C2=O)cc1. The number of hydrogen-bond acceptors (Lipinski definition) is 5. The highest BCUT2D eigenvalue weighted by atomic mass is 16.5. The summed E-state index contributed by atoms with van der Waals surface area (Å²) in [6.45, 7) is 1.58. The summed E-state index contributed by atoms with van der Waals surface area (Å²) in [4.78, 5) is 37.5. The Bertz CT molecular complexity index is 879. The summed E-state index contributed by atoms with van der Waals surface area (Å²) in [5.41, 5.74) is 1.91. The maximum absolute atomic E-state index is 12.8. The van der Waals surface area contributed by atoms with Crippen molar-refractivity contribution in [2.24, 2.45) is 0 Å². The number of imide groups is 1. The maximum Gasteiger partial charge on any atom is 0.344 e. The number of hydrazine groups is 1. The number of benzene rings is 2. The lowest BCUT2D eigenvalue weighted by Gasteiger charge is -2.22. The predicted octanol–water partition coefficient (Wildman–Crippen LogP) is 1.82. The van der Waals surface area contributed by atoms with Gasteiger partial charge < -0.3 is 14.8 Å². The van der Waals surface area contributed by atoms with Crippen molar-refractivity contribution in [3.63, 3.8) is 0 Å². The number of ether oxygens (including phenoxy) is 2. The highest BCUT2D eigenvalue weighted by Gasteiger charge is 2.50. The molecule has 0 saturated carbocycles. The van der Waals surface area contributed by atoms with Gasteiger partial charge in [-0.15, -0.1) is 0 Å². The number of carbonyl (C=O) groups excluding carboxylic acids is 3. The van der Waals surface area contributed by atoms with Crippen LogP contribution < -0.4 is 20.2 Å². The van der Waals surface area contributed by atoms with Gasteiger partial charge in [0.05, 0.1) is 14.2 Å². The largest absolute Gasteiger partial charge is 0.497 e. The second-order valence-electron chi connectivity index (χ2n) is 6.09. The van der Waals surface area contributed by atoms with E-state index in [4.69, 9.17) is 9.47 Å². The molecule has 1 atom stereocenters. The lowest BCUT2D eigenvalue weighted by Crippen LogP contribution is -2.47. The summed E-state index contributed by atoms with van der Waals surface area (Å²) in [5.74, 6) is 0.0528. The van der Waals surface area contributed by atoms with Crippen molar-refractivity contribution in [2.45, 2.75) is 12.5 Å². The van der Waals surface area contributed by atoms with Crippen LogP contribution in [0.2, 0.25) is 0 Å². The minimum Gasteiger partial charge on any atom is -0.497 e. The van der Waals surface area contributed by atoms with Crippen molar-refractivity contribution in [3.05, 3.63) is 59.7 Å². The fourth-order valence-corrected chi connectivity index (χ4v) is 2.77. The fraction of sp³-hybridized carbons (Fsp3) is 0.211. The van der Waals surface area contributed by atoms with Crippen molar-refractivity contribution < 1.29 is 23.9 Å². The summed E-state index contributed by atoms with van der Waals surface area (Å²) in [6, 6.07) is 12.4. The van der Waals surface area contributed by atoms with Crippen LogP contribution in [0.15, 0.2) is 48.5 Å². The monoisotopic (exact) mass is 369 g/mol. The molecule has 27 heavy (non-hydrogen) atoms. The van der Waals surface area contributed by atoms with Gasteiger partial charge in [-0.1, -0.05) is 12.1 Å². The molecule has 1 aliphatic heterocycles. The average molecular weight is 369 g/mol. The van der Waals surface area contributed by atoms with E-state index in [9.17, 15) is 14.4 Å². The number of urea groups is 1. The predicted molar refractivity (Wildman–Crippen MR) is 96.2 cm³/mol. The van der Waals surface area contributed by atoms with E-state index >= 15 is 0 Å². The van der Waals surface area contributed by atoms with E-state index in [1.54, 1.807) is 43.3 Å². The Balaban J connectivity index is 1.79. The average Bonchev–Trinajstić information content (AvgIpc) is 2.92. The Morgan fingerprint density at radius 3 is 2.00 bits per heavy atom. The quantitative estimate of drug-likeness (QED) is 0.784. The van der Waals surface area contributed by atoms with Crippen molar-refractivity contribution in [1.29, 1.82) is 0 Å². The molecule has 140 valence electrons. The van der Waals surface area contributed by atoms with Crippen molar-refractivity contribution in [3.8, 4) is 11.5 Å². The third-order valence-electron chi connectivity index (χ3n) is 4.42. The van der Waals surface area contributed by atoms with Crippen LogP contribution in [0.4, 0.5) is 4.79 Å². The number of amides is 4. The van der Waals surface area contributed by atoms with E-state index < -0.39 is 23.4 Å². The summed E-state index contributed by atoms with van der Waals surface area (Å²) in [6.07, 6.45) is 0. The Kier molecular flexibility index (Phi) is 4.72. The number of rotatable bonds is 5. The molecule has 0 aromatic heterocycles. The molecule has 4 amide bonds. The van der Waals surface area contributed by atoms with E-state index in [0.29, 0.717) is 22.1 Å². The van der Waals surface area contributed by atoms with Crippen LogP contribution >= 0.6 is 0 Å². The zero-order valence-corrected chi connectivity index (χ0v) is 15.1. The molecule has 1 heterocycles. The second kappa shape index (κ2) is 6.99. The number of nitrogens with one attached hydrogen (secondary N) is 2. The highest BCUT2D eigenvalue weighted by molar-refractivity contribution is 6.09. The molecule has 2 N–H and O–H groups in total. The molecule has 2 aromatic rings. The van der Waals surface area contributed by atoms with Gasteiger partial charge in [-0.05, 0) is 48.9 Å². The van der Waals surface area contributed by atoms with Crippen LogP contribution in [0.5, 0.6) is 11.5 Å². The Morgan fingerprint density at radius 2 is 1.48 bits per heavy atom. The Labute approximate surface area is 156 Å². The first-order chi connectivity index (χ1) is 12.9. The Morgan fingerprint density at radius 1 is 0.963 bits per heavy atom. The summed E-state index contributed by atoms with van der Waals surface area (Å²) >= 11 is 0. The molecule has 1 fully saturated rings. The normalized spacial score (nSPS) is 18.9. The summed E-state index contributed by atoms with van der Waals surface area (Å²) in [5, 5.41) is 3.31. The molecule has 0 unspecified atom stereocenters. The molecule has 3 rings (SSSR count). The van der Waals surface area contributed by atoms with Gasteiger partial charge in [-0.2, -0.15) is 5.01 Å². The summed E-state index contributed by atoms with van der Waals surface area (Å²) in [7, 11) is 3.05. The molecule has 1 aliphatic rings. The van der Waals surface area contributed by atoms with E-state index in [2.05, 4.69) is 10.7 Å². The molecule has 0 bridgehead atoms. The van der Waals surface area contributed by atoms with Crippen molar-refractivity contribution in [2.75, 3.05) is 14.2 Å². The molecule has 0 spiro atoms. The standard InChI is InChI=1S/C19H19N3O5/c1-19(13-6-10-15(27-3)11-7-13)17(24)22(18(25)20-19)21-16(23)12-4-8-14(26-2)9-5-12/h4-11H,1-3H3,(H,20,25)(H,21,23)/t19-/m1/s1. The van der Waals surface area contributed by atoms with Crippen molar-refractivity contribution >= 4 is 17.8 Å². The maximum atomic E-state index is 12.8. The van der Waals surface area contributed by atoms with E-state index in [1.807, 2.05) is 0 Å². The number of nitrogens with zero attached hydrogens (tertiary/aromatic N) is 1. The smallest absolute Gasteiger partial charge is 0.344 e. The highest BCUT2D eigenvalue weighted by Crippen LogP contribution is 2.29. The topological polar surface area (TPSA) is 97.0 Å². The van der Waals surface area contributed by atoms with Gasteiger partial charge in [-0.25, -0.2) is 4.79 Å². The minimum absolute atomic E-state index is 0.287. The first-order valence-corrected chi connectivity index (χ1v) is 8.15. The zero-order chi connectivity index (χ0) is 19.6. The first-order valence-electron chi connectivity index (χ1n) is 8.15. The van der Waals surface area contributed by atoms with Crippen LogP contribution in [-0.2, 0) is 10.3 Å². The van der Waals surface area contributed by atoms with Gasteiger partial charge >= 0.3 is 6.03 Å². The van der Waals surface area contributed by atoms with Crippen LogP contribution in [0.1, 0.15) is 22.8 Å². The minimum atomic E-state index is -1.30. The first kappa shape index (κ1) is 18.2. The molecular formula is C19H19N3O5. The van der Waals surface area contributed by atoms with Crippen LogP contribution in [0.3, 0.4) is 0 Å². The Hall–Kier alpha value is -3.55. The van der Waals surface area contributed by atoms with Crippen molar-refractivity contribution in [1.82, 2.24) is 15.8 Å². The molecule has 8 nitrogen and oxygen atoms in total. The molecule has 0 radical (unpaired) electrons. The van der Waals surface area contributed by atoms with Gasteiger partial charge in [0.2, 0.25) is 0 Å². The third-order valence-corrected chi connectivity index (χ3v) is 4.42. The third kappa shape index (κ3) is 3.29. The van der Waals surface area contributed by atoms with E-state index in [1.165, 1.54) is 26.4 Å². The lowest BCUT2D eigenvalue weighted by molar-refractivity contribution is -0.132. The molecule has 1 saturated heterocycles. The van der Waals surface area contributed by atoms with Crippen LogP contribution in [0.25, 0.3) is 0 Å². The second-order valence-corrected chi connectivity index (χ2v) is 6.09. The summed E-state index contributed by atoms with van der Waals surface area (Å²) < 4.78 is 10.1. The lowest BCUT2D eigenvalue weighted by atomic mass is 9.92. The van der Waals surface area contributed by atoms with Gasteiger partial charge in [0.1, 0.15) is 17.0 Å². The van der Waals surface area contributed by atoms with Crippen LogP contribution in [0, 0.1) is 0 Å². The van der Waals surface area contributed by atoms with Gasteiger partial charge in [-0.3, -0.25) is 15.0 Å². The van der Waals surface area contributed by atoms with Gasteiger partial charge in [0.15, 0.2) is 0 Å². The molecule has 8 heteroatoms. The van der Waals surface area contributed by atoms with Crippen LogP contribution in [-0.4, -0.2) is 37.1 Å². The van der Waals surface area contributed by atoms with Gasteiger partial charge in [0.25, 0.3) is 11.8 Å². The molecule has 0 aliphatic carbocycles. The van der Waals surface area contributed by atoms with E-state index in [-0.39, 0.29) is 5.56 Å². The van der Waals surface area contributed by atoms with Gasteiger partial charge in [0, 0.05) is 5.56 Å². The molecule has 2 aromatic carbocycles. The van der Waals surface area contributed by atoms with E-state index in [0.717, 1.165) is 0 Å². The number of carbonyl (C=O) groups is 3. The number of hydrogen-bond donors (Lipinski definition) is 2. The zero-order valence-electron chi connectivity index (χ0n) is 15.1. The fourth-order valence-electron chi connectivity index (χ4n) is 2.77. The molecular weight excluding hydrogens is 350 g/mol. The number of methoxy groups -OCH3 is 2.